The Balaban J connectivity index is 1.75. The van der Waals surface area contributed by atoms with Crippen LogP contribution in [-0.2, 0) is 10.0 Å². The van der Waals surface area contributed by atoms with Crippen LogP contribution in [0, 0.1) is 6.92 Å². The first-order valence-electron chi connectivity index (χ1n) is 8.40. The molecule has 2 aromatic carbocycles. The monoisotopic (exact) mass is 393 g/mol. The van der Waals surface area contributed by atoms with Gasteiger partial charge in [-0.25, -0.2) is 13.3 Å². The minimum Gasteiger partial charge on any atom is -0.279 e. The van der Waals surface area contributed by atoms with Gasteiger partial charge in [0.2, 0.25) is 0 Å². The smallest absolute Gasteiger partial charge is 0.268 e. The van der Waals surface area contributed by atoms with E-state index in [0.29, 0.717) is 5.69 Å². The SMILES string of the molecule is Cc1ccc(S(=O)(=O)Nc2cccc3c2C(=O)N(c2cccnc2)C3=O)cc1. The van der Waals surface area contributed by atoms with E-state index in [1.54, 1.807) is 24.3 Å². The lowest BCUT2D eigenvalue weighted by Gasteiger charge is -2.13. The van der Waals surface area contributed by atoms with Crippen LogP contribution in [0.4, 0.5) is 11.4 Å². The third-order valence-electron chi connectivity index (χ3n) is 4.39. The van der Waals surface area contributed by atoms with E-state index in [9.17, 15) is 18.0 Å². The molecule has 1 aromatic heterocycles. The zero-order valence-electron chi connectivity index (χ0n) is 14.8. The first-order valence-corrected chi connectivity index (χ1v) is 9.88. The van der Waals surface area contributed by atoms with Gasteiger partial charge < -0.3 is 0 Å². The minimum atomic E-state index is -3.92. The van der Waals surface area contributed by atoms with Gasteiger partial charge in [0.15, 0.2) is 0 Å². The van der Waals surface area contributed by atoms with E-state index >= 15 is 0 Å². The number of aromatic nitrogens is 1. The van der Waals surface area contributed by atoms with Gasteiger partial charge in [0.1, 0.15) is 0 Å². The summed E-state index contributed by atoms with van der Waals surface area (Å²) >= 11 is 0. The number of pyridine rings is 1. The Hall–Kier alpha value is -3.52. The molecule has 0 saturated heterocycles. The summed E-state index contributed by atoms with van der Waals surface area (Å²) in [6.45, 7) is 1.85. The maximum absolute atomic E-state index is 12.9. The van der Waals surface area contributed by atoms with Crippen molar-refractivity contribution in [1.29, 1.82) is 0 Å². The van der Waals surface area contributed by atoms with Gasteiger partial charge in [0.05, 0.1) is 33.6 Å². The zero-order valence-corrected chi connectivity index (χ0v) is 15.6. The molecular formula is C20H15N3O4S. The lowest BCUT2D eigenvalue weighted by molar-refractivity contribution is 0.0926. The molecule has 0 unspecified atom stereocenters. The molecule has 3 aromatic rings. The zero-order chi connectivity index (χ0) is 19.9. The number of benzene rings is 2. The second-order valence-corrected chi connectivity index (χ2v) is 7.99. The van der Waals surface area contributed by atoms with Crippen molar-refractivity contribution in [3.63, 3.8) is 0 Å². The van der Waals surface area contributed by atoms with Crippen molar-refractivity contribution < 1.29 is 18.0 Å². The molecule has 0 atom stereocenters. The molecule has 1 aliphatic heterocycles. The van der Waals surface area contributed by atoms with E-state index in [1.165, 1.54) is 42.7 Å². The maximum Gasteiger partial charge on any atom is 0.268 e. The number of amides is 2. The van der Waals surface area contributed by atoms with Crippen LogP contribution in [0.2, 0.25) is 0 Å². The predicted molar refractivity (Wildman–Crippen MR) is 104 cm³/mol. The van der Waals surface area contributed by atoms with Crippen LogP contribution < -0.4 is 9.62 Å². The summed E-state index contributed by atoms with van der Waals surface area (Å²) in [5.74, 6) is -1.13. The number of fused-ring (bicyclic) bond motifs is 1. The molecule has 0 fully saturated rings. The third-order valence-corrected chi connectivity index (χ3v) is 5.78. The van der Waals surface area contributed by atoms with Gasteiger partial charge in [-0.3, -0.25) is 19.3 Å². The molecule has 2 heterocycles. The Bertz CT molecular complexity index is 1190. The summed E-state index contributed by atoms with van der Waals surface area (Å²) in [5, 5.41) is 0. The summed E-state index contributed by atoms with van der Waals surface area (Å²) in [5.41, 5.74) is 1.46. The molecule has 0 spiro atoms. The summed E-state index contributed by atoms with van der Waals surface area (Å²) in [7, 11) is -3.92. The summed E-state index contributed by atoms with van der Waals surface area (Å²) in [6, 6.07) is 14.0. The van der Waals surface area contributed by atoms with Crippen LogP contribution in [0.15, 0.2) is 71.9 Å². The average Bonchev–Trinajstić information content (AvgIpc) is 2.94. The van der Waals surface area contributed by atoms with Gasteiger partial charge >= 0.3 is 0 Å². The van der Waals surface area contributed by atoms with E-state index in [4.69, 9.17) is 0 Å². The number of nitrogens with zero attached hydrogens (tertiary/aromatic N) is 2. The van der Waals surface area contributed by atoms with Crippen molar-refractivity contribution in [3.05, 3.63) is 83.7 Å². The lowest BCUT2D eigenvalue weighted by Crippen LogP contribution is -2.29. The topological polar surface area (TPSA) is 96.4 Å². The lowest BCUT2D eigenvalue weighted by atomic mass is 10.1. The highest BCUT2D eigenvalue weighted by atomic mass is 32.2. The van der Waals surface area contributed by atoms with Crippen molar-refractivity contribution >= 4 is 33.2 Å². The van der Waals surface area contributed by atoms with Gasteiger partial charge in [-0.1, -0.05) is 23.8 Å². The van der Waals surface area contributed by atoms with Crippen LogP contribution in [0.1, 0.15) is 26.3 Å². The molecule has 140 valence electrons. The molecule has 1 aliphatic rings. The van der Waals surface area contributed by atoms with Gasteiger partial charge in [-0.05, 0) is 43.3 Å². The predicted octanol–water partition coefficient (Wildman–Crippen LogP) is 2.99. The molecule has 0 saturated carbocycles. The number of anilines is 2. The Morgan fingerprint density at radius 2 is 1.68 bits per heavy atom. The van der Waals surface area contributed by atoms with Crippen molar-refractivity contribution in [3.8, 4) is 0 Å². The average molecular weight is 393 g/mol. The fourth-order valence-electron chi connectivity index (χ4n) is 3.01. The van der Waals surface area contributed by atoms with Gasteiger partial charge in [-0.2, -0.15) is 0 Å². The number of hydrogen-bond acceptors (Lipinski definition) is 5. The van der Waals surface area contributed by atoms with Crippen molar-refractivity contribution in [2.45, 2.75) is 11.8 Å². The summed E-state index contributed by atoms with van der Waals surface area (Å²) in [6.07, 6.45) is 2.93. The third kappa shape index (κ3) is 2.93. The number of aryl methyl sites for hydroxylation is 1. The van der Waals surface area contributed by atoms with Gasteiger partial charge in [0.25, 0.3) is 21.8 Å². The van der Waals surface area contributed by atoms with E-state index in [2.05, 4.69) is 9.71 Å². The van der Waals surface area contributed by atoms with Crippen LogP contribution in [0.3, 0.4) is 0 Å². The molecule has 4 rings (SSSR count). The molecule has 0 radical (unpaired) electrons. The second-order valence-electron chi connectivity index (χ2n) is 6.30. The van der Waals surface area contributed by atoms with Crippen LogP contribution in [-0.4, -0.2) is 25.2 Å². The fourth-order valence-corrected chi connectivity index (χ4v) is 4.08. The molecule has 7 nitrogen and oxygen atoms in total. The standard InChI is InChI=1S/C20H15N3O4S/c1-13-7-9-15(10-8-13)28(26,27)22-17-6-2-5-16-18(17)20(25)23(19(16)24)14-4-3-11-21-12-14/h2-12,22H,1H3. The second kappa shape index (κ2) is 6.58. The molecule has 0 aliphatic carbocycles. The fraction of sp³-hybridized carbons (Fsp3) is 0.0500. The molecule has 0 bridgehead atoms. The summed E-state index contributed by atoms with van der Waals surface area (Å²) in [4.78, 5) is 30.7. The van der Waals surface area contributed by atoms with E-state index in [-0.39, 0.29) is 21.7 Å². The number of nitrogens with one attached hydrogen (secondary N) is 1. The molecule has 8 heteroatoms. The van der Waals surface area contributed by atoms with Crippen molar-refractivity contribution in [2.75, 3.05) is 9.62 Å². The maximum atomic E-state index is 12.9. The number of carbonyl (C=O) groups is 2. The van der Waals surface area contributed by atoms with Crippen LogP contribution in [0.5, 0.6) is 0 Å². The van der Waals surface area contributed by atoms with Crippen LogP contribution in [0.25, 0.3) is 0 Å². The largest absolute Gasteiger partial charge is 0.279 e. The number of hydrogen-bond donors (Lipinski definition) is 1. The highest BCUT2D eigenvalue weighted by Gasteiger charge is 2.39. The Morgan fingerprint density at radius 1 is 0.929 bits per heavy atom. The molecule has 2 amide bonds. The van der Waals surface area contributed by atoms with E-state index < -0.39 is 21.8 Å². The number of carbonyl (C=O) groups excluding carboxylic acids is 2. The quantitative estimate of drug-likeness (QED) is 0.688. The first kappa shape index (κ1) is 17.9. The molecular weight excluding hydrogens is 378 g/mol. The number of imide groups is 1. The van der Waals surface area contributed by atoms with Crippen molar-refractivity contribution in [2.24, 2.45) is 0 Å². The summed E-state index contributed by atoms with van der Waals surface area (Å²) < 4.78 is 27.9. The Kier molecular flexibility index (Phi) is 4.20. The van der Waals surface area contributed by atoms with Gasteiger partial charge in [0, 0.05) is 6.20 Å². The Morgan fingerprint density at radius 3 is 2.36 bits per heavy atom. The number of rotatable bonds is 4. The Labute approximate surface area is 161 Å². The van der Waals surface area contributed by atoms with Crippen molar-refractivity contribution in [1.82, 2.24) is 4.98 Å². The highest BCUT2D eigenvalue weighted by molar-refractivity contribution is 7.92. The number of sulfonamides is 1. The molecule has 28 heavy (non-hydrogen) atoms. The van der Waals surface area contributed by atoms with Gasteiger partial charge in [-0.15, -0.1) is 0 Å². The normalized spacial score (nSPS) is 13.5. The highest BCUT2D eigenvalue weighted by Crippen LogP contribution is 2.33. The molecule has 1 N–H and O–H groups in total. The van der Waals surface area contributed by atoms with E-state index in [0.717, 1.165) is 10.5 Å². The van der Waals surface area contributed by atoms with Crippen LogP contribution >= 0.6 is 0 Å². The van der Waals surface area contributed by atoms with E-state index in [1.807, 2.05) is 6.92 Å². The minimum absolute atomic E-state index is 0.0204. The first-order chi connectivity index (χ1) is 13.4.